The second kappa shape index (κ2) is 8.35. The van der Waals surface area contributed by atoms with Gasteiger partial charge in [-0.3, -0.25) is 4.79 Å². The second-order valence-corrected chi connectivity index (χ2v) is 8.54. The summed E-state index contributed by atoms with van der Waals surface area (Å²) < 4.78 is 23.0. The molecule has 0 bridgehead atoms. The molecule has 0 heterocycles. The predicted molar refractivity (Wildman–Crippen MR) is 97.9 cm³/mol. The van der Waals surface area contributed by atoms with Crippen LogP contribution in [-0.2, 0) is 14.6 Å². The summed E-state index contributed by atoms with van der Waals surface area (Å²) in [4.78, 5) is 13.5. The smallest absolute Gasteiger partial charge is 0.230 e. The lowest BCUT2D eigenvalue weighted by Crippen LogP contribution is -2.29. The van der Waals surface area contributed by atoms with Crippen molar-refractivity contribution in [3.05, 3.63) is 60.2 Å². The van der Waals surface area contributed by atoms with Gasteiger partial charge in [-0.15, -0.1) is 11.8 Å². The summed E-state index contributed by atoms with van der Waals surface area (Å²) >= 11 is 1.49. The summed E-state index contributed by atoms with van der Waals surface area (Å²) in [5.41, 5.74) is 0.906. The normalized spacial score (nSPS) is 12.6. The van der Waals surface area contributed by atoms with Crippen molar-refractivity contribution in [2.45, 2.75) is 29.2 Å². The Morgan fingerprint density at radius 2 is 1.71 bits per heavy atom. The minimum atomic E-state index is -3.20. The molecule has 0 unspecified atom stereocenters. The Hall–Kier alpha value is -1.79. The highest BCUT2D eigenvalue weighted by molar-refractivity contribution is 8.00. The van der Waals surface area contributed by atoms with Crippen molar-refractivity contribution in [3.8, 4) is 0 Å². The molecule has 1 atom stereocenters. The monoisotopic (exact) mass is 363 g/mol. The summed E-state index contributed by atoms with van der Waals surface area (Å²) in [7, 11) is -3.20. The number of rotatable bonds is 7. The molecule has 0 saturated carbocycles. The SMILES string of the molecule is CC[C@H](NC(=O)CSc1ccccc1)c1ccc(S(C)(=O)=O)cc1. The van der Waals surface area contributed by atoms with E-state index in [1.54, 1.807) is 24.3 Å². The quantitative estimate of drug-likeness (QED) is 0.765. The molecule has 128 valence electrons. The highest BCUT2D eigenvalue weighted by atomic mass is 32.2. The summed E-state index contributed by atoms with van der Waals surface area (Å²) in [6.07, 6.45) is 1.92. The number of amides is 1. The number of sulfone groups is 1. The fourth-order valence-electron chi connectivity index (χ4n) is 2.27. The van der Waals surface area contributed by atoms with Crippen molar-refractivity contribution in [2.24, 2.45) is 0 Å². The first-order chi connectivity index (χ1) is 11.4. The number of carbonyl (C=O) groups excluding carboxylic acids is 1. The molecule has 0 spiro atoms. The summed E-state index contributed by atoms with van der Waals surface area (Å²) in [5, 5.41) is 3.00. The van der Waals surface area contributed by atoms with Gasteiger partial charge in [-0.05, 0) is 36.2 Å². The van der Waals surface area contributed by atoms with Crippen LogP contribution in [0.1, 0.15) is 24.9 Å². The lowest BCUT2D eigenvalue weighted by molar-refractivity contribution is -0.119. The van der Waals surface area contributed by atoms with Gasteiger partial charge in [0.15, 0.2) is 9.84 Å². The van der Waals surface area contributed by atoms with Gasteiger partial charge < -0.3 is 5.32 Å². The second-order valence-electron chi connectivity index (χ2n) is 5.47. The zero-order valence-electron chi connectivity index (χ0n) is 13.7. The first-order valence-corrected chi connectivity index (χ1v) is 10.5. The van der Waals surface area contributed by atoms with E-state index in [0.29, 0.717) is 5.75 Å². The van der Waals surface area contributed by atoms with Gasteiger partial charge in [-0.25, -0.2) is 8.42 Å². The van der Waals surface area contributed by atoms with Crippen LogP contribution in [0.3, 0.4) is 0 Å². The van der Waals surface area contributed by atoms with Gasteiger partial charge in [0.25, 0.3) is 0 Å². The van der Waals surface area contributed by atoms with Crippen LogP contribution in [0.15, 0.2) is 64.4 Å². The molecule has 0 radical (unpaired) electrons. The number of benzene rings is 2. The standard InChI is InChI=1S/C18H21NO3S2/c1-3-17(14-9-11-16(12-10-14)24(2,21)22)19-18(20)13-23-15-7-5-4-6-8-15/h4-12,17H,3,13H2,1-2H3,(H,19,20)/t17-/m0/s1. The molecular formula is C18H21NO3S2. The molecule has 0 aliphatic carbocycles. The first kappa shape index (κ1) is 18.5. The Morgan fingerprint density at radius 1 is 1.08 bits per heavy atom. The molecule has 1 N–H and O–H groups in total. The number of hydrogen-bond acceptors (Lipinski definition) is 4. The number of hydrogen-bond donors (Lipinski definition) is 1. The third kappa shape index (κ3) is 5.39. The average molecular weight is 364 g/mol. The molecule has 24 heavy (non-hydrogen) atoms. The van der Waals surface area contributed by atoms with Crippen LogP contribution in [0.4, 0.5) is 0 Å². The Bertz CT molecular complexity index is 772. The highest BCUT2D eigenvalue weighted by Crippen LogP contribution is 2.21. The topological polar surface area (TPSA) is 63.2 Å². The maximum Gasteiger partial charge on any atom is 0.230 e. The van der Waals surface area contributed by atoms with Gasteiger partial charge in [-0.2, -0.15) is 0 Å². The van der Waals surface area contributed by atoms with Crippen molar-refractivity contribution in [2.75, 3.05) is 12.0 Å². The largest absolute Gasteiger partial charge is 0.349 e. The zero-order chi connectivity index (χ0) is 17.6. The molecule has 2 aromatic carbocycles. The molecule has 2 rings (SSSR count). The van der Waals surface area contributed by atoms with Crippen molar-refractivity contribution in [1.82, 2.24) is 5.32 Å². The molecule has 0 aliphatic rings. The van der Waals surface area contributed by atoms with Crippen LogP contribution in [0.5, 0.6) is 0 Å². The molecule has 0 fully saturated rings. The van der Waals surface area contributed by atoms with Crippen molar-refractivity contribution < 1.29 is 13.2 Å². The Labute approximate surface area is 147 Å². The first-order valence-electron chi connectivity index (χ1n) is 7.67. The van der Waals surface area contributed by atoms with Crippen LogP contribution in [0.25, 0.3) is 0 Å². The van der Waals surface area contributed by atoms with Crippen molar-refractivity contribution in [1.29, 1.82) is 0 Å². The van der Waals surface area contributed by atoms with E-state index in [1.165, 1.54) is 18.0 Å². The molecule has 4 nitrogen and oxygen atoms in total. The number of carbonyl (C=O) groups is 1. The predicted octanol–water partition coefficient (Wildman–Crippen LogP) is 3.45. The van der Waals surface area contributed by atoms with E-state index >= 15 is 0 Å². The molecule has 0 aliphatic heterocycles. The fourth-order valence-corrected chi connectivity index (χ4v) is 3.63. The minimum absolute atomic E-state index is 0.0390. The third-order valence-corrected chi connectivity index (χ3v) is 5.71. The zero-order valence-corrected chi connectivity index (χ0v) is 15.4. The summed E-state index contributed by atoms with van der Waals surface area (Å²) in [5.74, 6) is 0.310. The van der Waals surface area contributed by atoms with Crippen LogP contribution < -0.4 is 5.32 Å². The number of nitrogens with one attached hydrogen (secondary N) is 1. The Kier molecular flexibility index (Phi) is 6.45. The molecule has 6 heteroatoms. The van der Waals surface area contributed by atoms with Crippen molar-refractivity contribution >= 4 is 27.5 Å². The molecule has 2 aromatic rings. The van der Waals surface area contributed by atoms with E-state index in [2.05, 4.69) is 5.32 Å². The Morgan fingerprint density at radius 3 is 2.25 bits per heavy atom. The minimum Gasteiger partial charge on any atom is -0.349 e. The van der Waals surface area contributed by atoms with Gasteiger partial charge >= 0.3 is 0 Å². The van der Waals surface area contributed by atoms with E-state index in [1.807, 2.05) is 37.3 Å². The number of thioether (sulfide) groups is 1. The molecule has 0 saturated heterocycles. The van der Waals surface area contributed by atoms with E-state index < -0.39 is 9.84 Å². The molecule has 0 aromatic heterocycles. The lowest BCUT2D eigenvalue weighted by Gasteiger charge is -2.17. The average Bonchev–Trinajstić information content (AvgIpc) is 2.58. The highest BCUT2D eigenvalue weighted by Gasteiger charge is 2.14. The fraction of sp³-hybridized carbons (Fsp3) is 0.278. The van der Waals surface area contributed by atoms with E-state index in [4.69, 9.17) is 0 Å². The van der Waals surface area contributed by atoms with E-state index in [0.717, 1.165) is 16.9 Å². The van der Waals surface area contributed by atoms with Crippen LogP contribution in [-0.4, -0.2) is 26.3 Å². The van der Waals surface area contributed by atoms with Gasteiger partial charge in [0.05, 0.1) is 16.7 Å². The maximum atomic E-state index is 12.2. The third-order valence-electron chi connectivity index (χ3n) is 3.57. The molecular weight excluding hydrogens is 342 g/mol. The van der Waals surface area contributed by atoms with Gasteiger partial charge in [0.2, 0.25) is 5.91 Å². The van der Waals surface area contributed by atoms with Gasteiger partial charge in [0.1, 0.15) is 0 Å². The van der Waals surface area contributed by atoms with Gasteiger partial charge in [-0.1, -0.05) is 37.3 Å². The maximum absolute atomic E-state index is 12.2. The van der Waals surface area contributed by atoms with Crippen LogP contribution >= 0.6 is 11.8 Å². The van der Waals surface area contributed by atoms with Crippen LogP contribution in [0, 0.1) is 0 Å². The Balaban J connectivity index is 1.97. The van der Waals surface area contributed by atoms with Crippen LogP contribution in [0.2, 0.25) is 0 Å². The van der Waals surface area contributed by atoms with Gasteiger partial charge in [0, 0.05) is 11.2 Å². The van der Waals surface area contributed by atoms with E-state index in [-0.39, 0.29) is 16.8 Å². The lowest BCUT2D eigenvalue weighted by atomic mass is 10.0. The van der Waals surface area contributed by atoms with E-state index in [9.17, 15) is 13.2 Å². The van der Waals surface area contributed by atoms with Crippen molar-refractivity contribution in [3.63, 3.8) is 0 Å². The molecule has 1 amide bonds. The summed E-state index contributed by atoms with van der Waals surface area (Å²) in [6, 6.07) is 16.3. The summed E-state index contributed by atoms with van der Waals surface area (Å²) in [6.45, 7) is 1.99.